The molecule has 0 atom stereocenters. The van der Waals surface area contributed by atoms with Crippen LogP contribution in [-0.4, -0.2) is 0 Å². The van der Waals surface area contributed by atoms with Crippen molar-refractivity contribution in [1.29, 1.82) is 0 Å². The molecule has 268 valence electrons. The van der Waals surface area contributed by atoms with Gasteiger partial charge >= 0.3 is 0 Å². The van der Waals surface area contributed by atoms with E-state index in [9.17, 15) is 0 Å². The lowest BCUT2D eigenvalue weighted by Crippen LogP contribution is -2.37. The van der Waals surface area contributed by atoms with E-state index >= 15 is 0 Å². The molecular weight excluding hydrogens is 565 g/mol. The molecule has 47 heavy (non-hydrogen) atoms. The topological polar surface area (TPSA) is 0 Å². The zero-order valence-corrected chi connectivity index (χ0v) is 36.3. The van der Waals surface area contributed by atoms with Crippen molar-refractivity contribution in [2.75, 3.05) is 0 Å². The fraction of sp³-hybridized carbons (Fsp3) is 0.745. The molecule has 0 N–H and O–H groups in total. The molecule has 0 spiro atoms. The van der Waals surface area contributed by atoms with E-state index < -0.39 is 0 Å². The van der Waals surface area contributed by atoms with Crippen molar-refractivity contribution in [3.63, 3.8) is 0 Å². The highest BCUT2D eigenvalue weighted by atomic mass is 14.5. The number of hydrogen-bond acceptors (Lipinski definition) is 0. The van der Waals surface area contributed by atoms with Crippen LogP contribution in [0.3, 0.4) is 0 Å². The van der Waals surface area contributed by atoms with Crippen LogP contribution in [0.5, 0.6) is 0 Å². The van der Waals surface area contributed by atoms with Gasteiger partial charge in [-0.1, -0.05) is 178 Å². The summed E-state index contributed by atoms with van der Waals surface area (Å²) >= 11 is 0. The Morgan fingerprint density at radius 1 is 0.298 bits per heavy atom. The Kier molecular flexibility index (Phi) is 11.2. The van der Waals surface area contributed by atoms with Crippen LogP contribution in [-0.2, 0) is 56.2 Å². The van der Waals surface area contributed by atoms with Crippen molar-refractivity contribution >= 4 is 0 Å². The fourth-order valence-corrected chi connectivity index (χ4v) is 8.20. The molecule has 0 amide bonds. The second-order valence-electron chi connectivity index (χ2n) is 23.3. The molecule has 0 heteroatoms. The quantitative estimate of drug-likeness (QED) is 0.311. The summed E-state index contributed by atoms with van der Waals surface area (Å²) in [6, 6.07) is 5.20. The lowest BCUT2D eigenvalue weighted by Gasteiger charge is -2.46. The van der Waals surface area contributed by atoms with E-state index in [1.54, 1.807) is 38.9 Å². The lowest BCUT2D eigenvalue weighted by molar-refractivity contribution is 0.453. The van der Waals surface area contributed by atoms with Gasteiger partial charge in [0.05, 0.1) is 0 Å². The predicted octanol–water partition coefficient (Wildman–Crippen LogP) is 14.2. The molecule has 2 rings (SSSR count). The summed E-state index contributed by atoms with van der Waals surface area (Å²) in [4.78, 5) is 0. The first-order valence-corrected chi connectivity index (χ1v) is 18.9. The Labute approximate surface area is 295 Å². The van der Waals surface area contributed by atoms with Gasteiger partial charge in [0.1, 0.15) is 0 Å². The van der Waals surface area contributed by atoms with Crippen molar-refractivity contribution in [1.82, 2.24) is 0 Å². The van der Waals surface area contributed by atoms with Crippen LogP contribution in [0.15, 0.2) is 12.1 Å². The van der Waals surface area contributed by atoms with Crippen LogP contribution >= 0.6 is 0 Å². The smallest absolute Gasteiger partial charge is 0.0126 e. The minimum Gasteiger partial charge on any atom is -0.0561 e. The summed E-state index contributed by atoms with van der Waals surface area (Å²) in [5.41, 5.74) is 16.2. The average molecular weight is 645 g/mol. The van der Waals surface area contributed by atoms with E-state index in [-0.39, 0.29) is 43.3 Å². The van der Waals surface area contributed by atoms with E-state index in [0.29, 0.717) is 0 Å². The minimum atomic E-state index is 0.0265. The second kappa shape index (κ2) is 12.6. The summed E-state index contributed by atoms with van der Waals surface area (Å²) in [7, 11) is 0. The van der Waals surface area contributed by atoms with Gasteiger partial charge in [-0.3, -0.25) is 0 Å². The van der Waals surface area contributed by atoms with Gasteiger partial charge in [0, 0.05) is 0 Å². The molecule has 0 aliphatic rings. The molecule has 0 saturated heterocycles. The molecule has 0 aliphatic carbocycles. The number of aryl methyl sites for hydroxylation is 1. The number of benzene rings is 2. The monoisotopic (exact) mass is 645 g/mol. The van der Waals surface area contributed by atoms with Gasteiger partial charge in [-0.15, -0.1) is 0 Å². The van der Waals surface area contributed by atoms with E-state index in [1.807, 2.05) is 0 Å². The van der Waals surface area contributed by atoms with E-state index in [2.05, 4.69) is 178 Å². The Hall–Kier alpha value is -1.56. The van der Waals surface area contributed by atoms with E-state index in [0.717, 1.165) is 19.3 Å². The first-order valence-electron chi connectivity index (χ1n) is 18.9. The maximum absolute atomic E-state index is 2.61. The molecule has 0 radical (unpaired) electrons. The SMILES string of the molecule is CC(C)(C)c1cc(C(C)(C)C)c(C(C)(C)C)cc1CCCc1c(C(C)(C)C)c(C(C)(C)C)c(C(C)(C)C)c(C(C)(C)C)c1C(C)(C)C. The molecule has 2 aromatic carbocycles. The number of hydrogen-bond donors (Lipinski definition) is 0. The van der Waals surface area contributed by atoms with Gasteiger partial charge in [-0.05, 0) is 118 Å². The highest BCUT2D eigenvalue weighted by molar-refractivity contribution is 5.62. The van der Waals surface area contributed by atoms with Crippen molar-refractivity contribution in [2.24, 2.45) is 0 Å². The zero-order chi connectivity index (χ0) is 37.3. The Balaban J connectivity index is 3.09. The first-order chi connectivity index (χ1) is 20.4. The molecule has 0 aromatic heterocycles. The maximum Gasteiger partial charge on any atom is -0.0126 e. The van der Waals surface area contributed by atoms with Crippen molar-refractivity contribution in [2.45, 2.75) is 229 Å². The Morgan fingerprint density at radius 2 is 0.574 bits per heavy atom. The highest BCUT2D eigenvalue weighted by Crippen LogP contribution is 2.52. The van der Waals surface area contributed by atoms with Crippen molar-refractivity contribution in [3.05, 3.63) is 67.8 Å². The molecule has 0 aliphatic heterocycles. The molecule has 2 aromatic rings. The third kappa shape index (κ3) is 9.37. The third-order valence-electron chi connectivity index (χ3n) is 9.89. The predicted molar refractivity (Wildman–Crippen MR) is 215 cm³/mol. The molecule has 0 heterocycles. The fourth-order valence-electron chi connectivity index (χ4n) is 8.20. The van der Waals surface area contributed by atoms with Crippen LogP contribution in [0.1, 0.15) is 228 Å². The minimum absolute atomic E-state index is 0.0265. The summed E-state index contributed by atoms with van der Waals surface area (Å²) in [6.45, 7) is 58.4. The average Bonchev–Trinajstić information content (AvgIpc) is 2.77. The Morgan fingerprint density at radius 3 is 0.851 bits per heavy atom. The van der Waals surface area contributed by atoms with Crippen molar-refractivity contribution < 1.29 is 0 Å². The number of rotatable bonds is 4. The molecular formula is C47H80. The summed E-state index contributed by atoms with van der Waals surface area (Å²) in [6.07, 6.45) is 3.35. The third-order valence-corrected chi connectivity index (χ3v) is 9.89. The van der Waals surface area contributed by atoms with E-state index in [1.165, 1.54) is 16.7 Å². The molecule has 0 nitrogen and oxygen atoms in total. The van der Waals surface area contributed by atoms with Gasteiger partial charge in [0.15, 0.2) is 0 Å². The van der Waals surface area contributed by atoms with Crippen LogP contribution in [0.25, 0.3) is 0 Å². The van der Waals surface area contributed by atoms with Gasteiger partial charge in [-0.2, -0.15) is 0 Å². The Bertz CT molecular complexity index is 1360. The molecule has 0 fully saturated rings. The van der Waals surface area contributed by atoms with Crippen LogP contribution in [0.2, 0.25) is 0 Å². The van der Waals surface area contributed by atoms with Crippen LogP contribution in [0, 0.1) is 0 Å². The second-order valence-corrected chi connectivity index (χ2v) is 23.3. The van der Waals surface area contributed by atoms with Gasteiger partial charge in [0.2, 0.25) is 0 Å². The zero-order valence-electron chi connectivity index (χ0n) is 36.3. The normalized spacial score (nSPS) is 14.6. The maximum atomic E-state index is 2.61. The van der Waals surface area contributed by atoms with Crippen molar-refractivity contribution in [3.8, 4) is 0 Å². The van der Waals surface area contributed by atoms with E-state index in [4.69, 9.17) is 0 Å². The van der Waals surface area contributed by atoms with Gasteiger partial charge in [0.25, 0.3) is 0 Å². The van der Waals surface area contributed by atoms with Crippen LogP contribution in [0.4, 0.5) is 0 Å². The highest BCUT2D eigenvalue weighted by Gasteiger charge is 2.42. The van der Waals surface area contributed by atoms with Gasteiger partial charge in [-0.25, -0.2) is 0 Å². The molecule has 0 saturated carbocycles. The largest absolute Gasteiger partial charge is 0.0561 e. The molecule has 0 unspecified atom stereocenters. The summed E-state index contributed by atoms with van der Waals surface area (Å²) in [5, 5.41) is 0. The van der Waals surface area contributed by atoms with Crippen LogP contribution < -0.4 is 0 Å². The standard InChI is InChI=1S/C47H80/c1-40(2,3)32-29-34(42(7,8)9)33(41(4,5)6)28-30(32)26-25-27-31-35(43(10,11)12)37(45(16,17)18)39(47(22,23)24)38(46(19,20)21)36(31)44(13,14)15/h28-29H,25-27H2,1-24H3. The summed E-state index contributed by atoms with van der Waals surface area (Å²) < 4.78 is 0. The summed E-state index contributed by atoms with van der Waals surface area (Å²) in [5.74, 6) is 0. The van der Waals surface area contributed by atoms with Gasteiger partial charge < -0.3 is 0 Å². The first kappa shape index (κ1) is 41.6. The lowest BCUT2D eigenvalue weighted by atomic mass is 9.58. The molecule has 0 bridgehead atoms.